The lowest BCUT2D eigenvalue weighted by Crippen LogP contribution is -2.74. The molecule has 48 heavy (non-hydrogen) atoms. The van der Waals surface area contributed by atoms with Crippen LogP contribution >= 0.6 is 0 Å². The van der Waals surface area contributed by atoms with Gasteiger partial charge in [-0.3, -0.25) is 9.69 Å². The number of para-hydroxylation sites is 1. The van der Waals surface area contributed by atoms with Crippen molar-refractivity contribution in [2.45, 2.75) is 55.3 Å². The molecule has 1 amide bonds. The van der Waals surface area contributed by atoms with Crippen LogP contribution in [0.4, 0.5) is 5.69 Å². The number of nitrogens with zero attached hydrogens (tertiary/aromatic N) is 1. The first-order chi connectivity index (χ1) is 23.4. The second-order valence-electron chi connectivity index (χ2n) is 14.2. The number of fused-ring (bicyclic) bond motifs is 4. The van der Waals surface area contributed by atoms with E-state index in [1.54, 1.807) is 24.3 Å². The fraction of sp³-hybridized carbons (Fsp3) is 0.300. The quantitative estimate of drug-likeness (QED) is 0.148. The second kappa shape index (κ2) is 10.0. The van der Waals surface area contributed by atoms with E-state index in [4.69, 9.17) is 9.47 Å². The predicted octanol–water partition coefficient (Wildman–Crippen LogP) is 6.34. The molecular weight excluding hydrogens is 602 g/mol. The lowest BCUT2D eigenvalue weighted by Gasteiger charge is -2.62. The molecule has 2 bridgehead atoms. The standard InChI is InChI=1S/C40H35N3O5/c44-37(24-8-3-1-4-9-24)41-29-13-7-12-27-28-21-40(46)31-20-26-16-17-30(47-38(45)25-10-5-2-6-11-25)35-32(26)39(40,18-19-43(31)22-23-14-15-23)36(48-35)34(28)42-33(27)29/h1-13,16-17,23,31,36,42,46H,14-15,18-22H2,(H,41,44)/t31-,36-,39-,40+/m0/s1. The third-order valence-electron chi connectivity index (χ3n) is 11.7. The van der Waals surface area contributed by atoms with E-state index >= 15 is 0 Å². The fourth-order valence-corrected chi connectivity index (χ4v) is 9.34. The van der Waals surface area contributed by atoms with Gasteiger partial charge < -0.3 is 24.9 Å². The topological polar surface area (TPSA) is 104 Å². The van der Waals surface area contributed by atoms with E-state index < -0.39 is 23.1 Å². The molecule has 2 fully saturated rings. The highest BCUT2D eigenvalue weighted by Crippen LogP contribution is 2.69. The van der Waals surface area contributed by atoms with Crippen molar-refractivity contribution in [1.82, 2.24) is 9.88 Å². The SMILES string of the molecule is O=C(Nc1cccc2c3c([nH]c12)[C@@H]1Oc2c(OC(=O)c4ccccc4)ccc4c2[C@@]12CCN(CC1CC1)[C@@H](C4)[C@]2(O)C3)c1ccccc1. The smallest absolute Gasteiger partial charge is 0.343 e. The molecule has 240 valence electrons. The Morgan fingerprint density at radius 1 is 0.958 bits per heavy atom. The van der Waals surface area contributed by atoms with Crippen molar-refractivity contribution >= 4 is 28.5 Å². The molecule has 4 atom stereocenters. The van der Waals surface area contributed by atoms with Crippen LogP contribution in [-0.2, 0) is 18.3 Å². The van der Waals surface area contributed by atoms with Crippen LogP contribution in [0.5, 0.6) is 11.5 Å². The van der Waals surface area contributed by atoms with Gasteiger partial charge in [-0.1, -0.05) is 54.6 Å². The Hall–Kier alpha value is -4.92. The maximum atomic E-state index is 13.3. The molecule has 10 rings (SSSR count). The first kappa shape index (κ1) is 28.1. The zero-order valence-corrected chi connectivity index (χ0v) is 26.4. The van der Waals surface area contributed by atoms with Gasteiger partial charge in [-0.2, -0.15) is 0 Å². The van der Waals surface area contributed by atoms with E-state index in [1.807, 2.05) is 54.6 Å². The van der Waals surface area contributed by atoms with Gasteiger partial charge in [0.1, 0.15) is 0 Å². The van der Waals surface area contributed by atoms with E-state index in [-0.39, 0.29) is 11.9 Å². The number of aromatic amines is 1. The molecule has 4 aromatic carbocycles. The maximum absolute atomic E-state index is 13.3. The molecule has 1 saturated carbocycles. The normalized spacial score (nSPS) is 26.4. The Morgan fingerprint density at radius 3 is 2.50 bits per heavy atom. The summed E-state index contributed by atoms with van der Waals surface area (Å²) in [5.41, 5.74) is 4.75. The van der Waals surface area contributed by atoms with Gasteiger partial charge >= 0.3 is 5.97 Å². The van der Waals surface area contributed by atoms with Crippen LogP contribution in [0, 0.1) is 5.92 Å². The van der Waals surface area contributed by atoms with Crippen LogP contribution in [0.1, 0.15) is 68.5 Å². The van der Waals surface area contributed by atoms with E-state index in [0.717, 1.165) is 52.8 Å². The number of hydrogen-bond donors (Lipinski definition) is 3. The Labute approximate surface area is 277 Å². The number of aliphatic hydroxyl groups is 1. The van der Waals surface area contributed by atoms with E-state index in [1.165, 1.54) is 12.8 Å². The number of likely N-dealkylation sites (tertiary alicyclic amines) is 1. The van der Waals surface area contributed by atoms with E-state index in [9.17, 15) is 14.7 Å². The Morgan fingerprint density at radius 2 is 1.73 bits per heavy atom. The van der Waals surface area contributed by atoms with Crippen molar-refractivity contribution in [2.75, 3.05) is 18.4 Å². The predicted molar refractivity (Wildman–Crippen MR) is 181 cm³/mol. The van der Waals surface area contributed by atoms with Crippen LogP contribution in [0.25, 0.3) is 10.9 Å². The molecule has 8 heteroatoms. The largest absolute Gasteiger partial charge is 0.479 e. The molecule has 1 aromatic heterocycles. The first-order valence-electron chi connectivity index (χ1n) is 17.0. The number of esters is 1. The monoisotopic (exact) mass is 637 g/mol. The number of rotatable bonds is 6. The van der Waals surface area contributed by atoms with Crippen LogP contribution < -0.4 is 14.8 Å². The van der Waals surface area contributed by atoms with Gasteiger partial charge in [-0.15, -0.1) is 0 Å². The van der Waals surface area contributed by atoms with Gasteiger partial charge in [0.25, 0.3) is 5.91 Å². The third-order valence-corrected chi connectivity index (χ3v) is 11.7. The number of hydrogen-bond acceptors (Lipinski definition) is 6. The van der Waals surface area contributed by atoms with Crippen molar-refractivity contribution in [3.05, 3.63) is 125 Å². The molecule has 5 aromatic rings. The average Bonchev–Trinajstić information content (AvgIpc) is 3.75. The molecule has 3 heterocycles. The summed E-state index contributed by atoms with van der Waals surface area (Å²) in [6.45, 7) is 1.87. The molecule has 8 nitrogen and oxygen atoms in total. The summed E-state index contributed by atoms with van der Waals surface area (Å²) in [6, 6.07) is 27.9. The van der Waals surface area contributed by atoms with Gasteiger partial charge in [0.2, 0.25) is 0 Å². The Bertz CT molecular complexity index is 2140. The molecule has 1 saturated heterocycles. The number of piperidine rings is 1. The highest BCUT2D eigenvalue weighted by Gasteiger charge is 2.73. The van der Waals surface area contributed by atoms with Gasteiger partial charge in [0.15, 0.2) is 17.6 Å². The number of carbonyl (C=O) groups is 2. The summed E-state index contributed by atoms with van der Waals surface area (Å²) in [6.07, 6.45) is 3.86. The minimum Gasteiger partial charge on any atom is -0.479 e. The van der Waals surface area contributed by atoms with Crippen molar-refractivity contribution in [2.24, 2.45) is 5.92 Å². The van der Waals surface area contributed by atoms with Crippen molar-refractivity contribution in [3.8, 4) is 11.5 Å². The zero-order chi connectivity index (χ0) is 32.2. The average molecular weight is 638 g/mol. The summed E-state index contributed by atoms with van der Waals surface area (Å²) in [4.78, 5) is 32.8. The lowest BCUT2D eigenvalue weighted by molar-refractivity contribution is -0.173. The zero-order valence-electron chi connectivity index (χ0n) is 26.4. The minimum atomic E-state index is -1.11. The molecule has 3 N–H and O–H groups in total. The Kier molecular flexibility index (Phi) is 5.89. The summed E-state index contributed by atoms with van der Waals surface area (Å²) in [5, 5.41) is 17.4. The molecule has 1 spiro atoms. The molecule has 3 aliphatic carbocycles. The Balaban J connectivity index is 1.12. The van der Waals surface area contributed by atoms with Gasteiger partial charge in [-0.25, -0.2) is 4.79 Å². The summed E-state index contributed by atoms with van der Waals surface area (Å²) in [5.74, 6) is 0.987. The number of nitrogens with one attached hydrogen (secondary N) is 2. The van der Waals surface area contributed by atoms with Crippen molar-refractivity contribution in [3.63, 3.8) is 0 Å². The summed E-state index contributed by atoms with van der Waals surface area (Å²) < 4.78 is 13.1. The maximum Gasteiger partial charge on any atom is 0.343 e. The number of H-pyrrole nitrogens is 1. The summed E-state index contributed by atoms with van der Waals surface area (Å²) >= 11 is 0. The van der Waals surface area contributed by atoms with Gasteiger partial charge in [-0.05, 0) is 85.7 Å². The highest BCUT2D eigenvalue weighted by atomic mass is 16.6. The molecular formula is C40H35N3O5. The number of anilines is 1. The number of aromatic nitrogens is 1. The molecule has 0 radical (unpaired) electrons. The number of carbonyl (C=O) groups excluding carboxylic acids is 2. The minimum absolute atomic E-state index is 0.0758. The number of amides is 1. The number of ether oxygens (including phenoxy) is 2. The van der Waals surface area contributed by atoms with Crippen LogP contribution in [0.2, 0.25) is 0 Å². The van der Waals surface area contributed by atoms with E-state index in [0.29, 0.717) is 47.1 Å². The first-order valence-corrected chi connectivity index (χ1v) is 17.0. The fourth-order valence-electron chi connectivity index (χ4n) is 9.34. The molecule has 0 unspecified atom stereocenters. The second-order valence-corrected chi connectivity index (χ2v) is 14.2. The molecule has 2 aliphatic heterocycles. The van der Waals surface area contributed by atoms with Gasteiger partial charge in [0, 0.05) is 35.5 Å². The van der Waals surface area contributed by atoms with Crippen LogP contribution in [0.3, 0.4) is 0 Å². The summed E-state index contributed by atoms with van der Waals surface area (Å²) in [7, 11) is 0. The lowest BCUT2D eigenvalue weighted by atomic mass is 9.49. The van der Waals surface area contributed by atoms with Crippen LogP contribution in [0.15, 0.2) is 91.0 Å². The third kappa shape index (κ3) is 3.84. The van der Waals surface area contributed by atoms with E-state index in [2.05, 4.69) is 27.3 Å². The molecule has 5 aliphatic rings. The van der Waals surface area contributed by atoms with Gasteiger partial charge in [0.05, 0.1) is 33.5 Å². The van der Waals surface area contributed by atoms with Crippen molar-refractivity contribution in [1.29, 1.82) is 0 Å². The van der Waals surface area contributed by atoms with Crippen molar-refractivity contribution < 1.29 is 24.2 Å². The van der Waals surface area contributed by atoms with Crippen LogP contribution in [-0.4, -0.2) is 51.6 Å². The highest BCUT2D eigenvalue weighted by molar-refractivity contribution is 6.09. The number of benzene rings is 4.